The Labute approximate surface area is 125 Å². The number of para-hydroxylation sites is 1. The van der Waals surface area contributed by atoms with Crippen molar-refractivity contribution in [2.75, 3.05) is 5.32 Å². The summed E-state index contributed by atoms with van der Waals surface area (Å²) in [6.07, 6.45) is 0. The van der Waals surface area contributed by atoms with Crippen LogP contribution in [-0.4, -0.2) is 0 Å². The largest absolute Gasteiger partial charge is 0.354 e. The van der Waals surface area contributed by atoms with Gasteiger partial charge in [-0.05, 0) is 40.2 Å². The van der Waals surface area contributed by atoms with Gasteiger partial charge in [-0.2, -0.15) is 5.26 Å². The molecule has 96 valence electrons. The first kappa shape index (κ1) is 12.7. The van der Waals surface area contributed by atoms with Gasteiger partial charge in [0.05, 0.1) is 17.3 Å². The van der Waals surface area contributed by atoms with Crippen LogP contribution >= 0.6 is 15.9 Å². The summed E-state index contributed by atoms with van der Waals surface area (Å²) < 4.78 is 1.01. The highest BCUT2D eigenvalue weighted by molar-refractivity contribution is 9.10. The maximum absolute atomic E-state index is 9.18. The topological polar surface area (TPSA) is 35.8 Å². The van der Waals surface area contributed by atoms with E-state index in [4.69, 9.17) is 0 Å². The average molecular weight is 323 g/mol. The molecule has 3 aromatic rings. The number of nitriles is 1. The van der Waals surface area contributed by atoms with Crippen LogP contribution in [0, 0.1) is 11.3 Å². The number of hydrogen-bond donors (Lipinski definition) is 1. The van der Waals surface area contributed by atoms with Crippen molar-refractivity contribution in [3.63, 3.8) is 0 Å². The normalized spacial score (nSPS) is 10.2. The van der Waals surface area contributed by atoms with E-state index in [2.05, 4.69) is 27.3 Å². The zero-order chi connectivity index (χ0) is 13.9. The van der Waals surface area contributed by atoms with Crippen molar-refractivity contribution in [1.82, 2.24) is 0 Å². The van der Waals surface area contributed by atoms with Crippen LogP contribution in [0.5, 0.6) is 0 Å². The van der Waals surface area contributed by atoms with Crippen LogP contribution in [0.15, 0.2) is 65.1 Å². The van der Waals surface area contributed by atoms with Gasteiger partial charge in [0.25, 0.3) is 0 Å². The number of hydrogen-bond acceptors (Lipinski definition) is 2. The molecule has 0 aliphatic rings. The van der Waals surface area contributed by atoms with E-state index in [0.717, 1.165) is 26.6 Å². The van der Waals surface area contributed by atoms with Gasteiger partial charge in [0.2, 0.25) is 0 Å². The molecule has 0 fully saturated rings. The third kappa shape index (κ3) is 2.26. The van der Waals surface area contributed by atoms with E-state index >= 15 is 0 Å². The SMILES string of the molecule is N#Cc1ccc(Nc2ccccc2Br)c2ccccc12. The lowest BCUT2D eigenvalue weighted by molar-refractivity contribution is 1.49. The van der Waals surface area contributed by atoms with Crippen molar-refractivity contribution in [2.45, 2.75) is 0 Å². The quantitative estimate of drug-likeness (QED) is 0.702. The zero-order valence-electron chi connectivity index (χ0n) is 10.6. The Bertz CT molecular complexity index is 819. The maximum Gasteiger partial charge on any atom is 0.0998 e. The number of halogens is 1. The molecule has 20 heavy (non-hydrogen) atoms. The molecule has 0 saturated heterocycles. The molecule has 0 unspecified atom stereocenters. The summed E-state index contributed by atoms with van der Waals surface area (Å²) in [5.41, 5.74) is 2.69. The predicted molar refractivity (Wildman–Crippen MR) is 86.1 cm³/mol. The van der Waals surface area contributed by atoms with Gasteiger partial charge in [-0.3, -0.25) is 0 Å². The van der Waals surface area contributed by atoms with E-state index in [9.17, 15) is 5.26 Å². The summed E-state index contributed by atoms with van der Waals surface area (Å²) in [4.78, 5) is 0. The molecule has 0 aromatic heterocycles. The number of rotatable bonds is 2. The fraction of sp³-hybridized carbons (Fsp3) is 0. The molecule has 0 bridgehead atoms. The van der Waals surface area contributed by atoms with Gasteiger partial charge in [0, 0.05) is 20.9 Å². The second kappa shape index (κ2) is 5.36. The Balaban J connectivity index is 2.14. The monoisotopic (exact) mass is 322 g/mol. The maximum atomic E-state index is 9.18. The van der Waals surface area contributed by atoms with E-state index in [1.54, 1.807) is 0 Å². The van der Waals surface area contributed by atoms with Crippen LogP contribution in [0.4, 0.5) is 11.4 Å². The molecule has 0 amide bonds. The van der Waals surface area contributed by atoms with Gasteiger partial charge in [-0.1, -0.05) is 36.4 Å². The van der Waals surface area contributed by atoms with Gasteiger partial charge in [0.15, 0.2) is 0 Å². The predicted octanol–water partition coefficient (Wildman–Crippen LogP) is 5.22. The molecule has 0 aliphatic carbocycles. The van der Waals surface area contributed by atoms with Crippen LogP contribution in [0.3, 0.4) is 0 Å². The Kier molecular flexibility index (Phi) is 3.41. The number of nitrogens with zero attached hydrogens (tertiary/aromatic N) is 1. The van der Waals surface area contributed by atoms with E-state index < -0.39 is 0 Å². The molecule has 3 heteroatoms. The van der Waals surface area contributed by atoms with E-state index in [1.165, 1.54) is 0 Å². The fourth-order valence-electron chi connectivity index (χ4n) is 2.21. The summed E-state index contributed by atoms with van der Waals surface area (Å²) >= 11 is 3.53. The van der Waals surface area contributed by atoms with Crippen LogP contribution in [-0.2, 0) is 0 Å². The van der Waals surface area contributed by atoms with Gasteiger partial charge in [-0.15, -0.1) is 0 Å². The summed E-state index contributed by atoms with van der Waals surface area (Å²) in [6.45, 7) is 0. The lowest BCUT2D eigenvalue weighted by Crippen LogP contribution is -1.93. The minimum atomic E-state index is 0.693. The van der Waals surface area contributed by atoms with Gasteiger partial charge in [0.1, 0.15) is 0 Å². The molecule has 0 aliphatic heterocycles. The Morgan fingerprint density at radius 3 is 2.25 bits per heavy atom. The first-order chi connectivity index (χ1) is 9.79. The molecule has 0 atom stereocenters. The molecule has 0 spiro atoms. The summed E-state index contributed by atoms with van der Waals surface area (Å²) in [6, 6.07) is 21.9. The Hall–Kier alpha value is -2.31. The van der Waals surface area contributed by atoms with Crippen molar-refractivity contribution >= 4 is 38.1 Å². The number of fused-ring (bicyclic) bond motifs is 1. The van der Waals surface area contributed by atoms with Crippen molar-refractivity contribution in [3.8, 4) is 6.07 Å². The minimum absolute atomic E-state index is 0.693. The Morgan fingerprint density at radius 1 is 0.800 bits per heavy atom. The lowest BCUT2D eigenvalue weighted by Gasteiger charge is -2.12. The van der Waals surface area contributed by atoms with Crippen LogP contribution in [0.1, 0.15) is 5.56 Å². The highest BCUT2D eigenvalue weighted by Gasteiger charge is 2.06. The molecule has 0 radical (unpaired) electrons. The van der Waals surface area contributed by atoms with E-state index in [-0.39, 0.29) is 0 Å². The smallest absolute Gasteiger partial charge is 0.0998 e. The van der Waals surface area contributed by atoms with Gasteiger partial charge >= 0.3 is 0 Å². The molecular formula is C17H11BrN2. The average Bonchev–Trinajstić information content (AvgIpc) is 2.50. The summed E-state index contributed by atoms with van der Waals surface area (Å²) in [7, 11) is 0. The third-order valence-corrected chi connectivity index (χ3v) is 3.88. The van der Waals surface area contributed by atoms with Crippen LogP contribution < -0.4 is 5.32 Å². The number of anilines is 2. The van der Waals surface area contributed by atoms with Gasteiger partial charge in [-0.25, -0.2) is 0 Å². The molecule has 1 N–H and O–H groups in total. The molecule has 3 rings (SSSR count). The van der Waals surface area contributed by atoms with Crippen LogP contribution in [0.25, 0.3) is 10.8 Å². The lowest BCUT2D eigenvalue weighted by atomic mass is 10.0. The molecule has 2 nitrogen and oxygen atoms in total. The Morgan fingerprint density at radius 2 is 1.50 bits per heavy atom. The van der Waals surface area contributed by atoms with Crippen molar-refractivity contribution in [1.29, 1.82) is 5.26 Å². The number of benzene rings is 3. The first-order valence-corrected chi connectivity index (χ1v) is 7.02. The molecular weight excluding hydrogens is 312 g/mol. The second-order valence-corrected chi connectivity index (χ2v) is 5.28. The summed E-state index contributed by atoms with van der Waals surface area (Å²) in [5, 5.41) is 14.6. The molecule has 0 saturated carbocycles. The zero-order valence-corrected chi connectivity index (χ0v) is 12.2. The highest BCUT2D eigenvalue weighted by atomic mass is 79.9. The third-order valence-electron chi connectivity index (χ3n) is 3.19. The van der Waals surface area contributed by atoms with Crippen molar-refractivity contribution < 1.29 is 0 Å². The van der Waals surface area contributed by atoms with Gasteiger partial charge < -0.3 is 5.32 Å². The van der Waals surface area contributed by atoms with E-state index in [0.29, 0.717) is 5.56 Å². The summed E-state index contributed by atoms with van der Waals surface area (Å²) in [5.74, 6) is 0. The van der Waals surface area contributed by atoms with Crippen LogP contribution in [0.2, 0.25) is 0 Å². The second-order valence-electron chi connectivity index (χ2n) is 4.42. The highest BCUT2D eigenvalue weighted by Crippen LogP contribution is 2.31. The molecule has 0 heterocycles. The van der Waals surface area contributed by atoms with Crippen molar-refractivity contribution in [2.24, 2.45) is 0 Å². The van der Waals surface area contributed by atoms with E-state index in [1.807, 2.05) is 60.7 Å². The standard InChI is InChI=1S/C17H11BrN2/c18-15-7-3-4-8-17(15)20-16-10-9-12(11-19)13-5-1-2-6-14(13)16/h1-10,20H. The van der Waals surface area contributed by atoms with Crippen molar-refractivity contribution in [3.05, 3.63) is 70.7 Å². The first-order valence-electron chi connectivity index (χ1n) is 6.23. The fourth-order valence-corrected chi connectivity index (χ4v) is 2.60. The minimum Gasteiger partial charge on any atom is -0.354 e. The number of nitrogens with one attached hydrogen (secondary N) is 1. The molecule has 3 aromatic carbocycles.